The second-order valence-electron chi connectivity index (χ2n) is 4.97. The van der Waals surface area contributed by atoms with E-state index in [1.807, 2.05) is 36.5 Å². The zero-order valence-electron chi connectivity index (χ0n) is 11.3. The number of rotatable bonds is 4. The fourth-order valence-electron chi connectivity index (χ4n) is 2.35. The third-order valence-corrected chi connectivity index (χ3v) is 3.40. The lowest BCUT2D eigenvalue weighted by Crippen LogP contribution is -2.29. The van der Waals surface area contributed by atoms with Crippen molar-refractivity contribution in [1.82, 2.24) is 10.4 Å². The van der Waals surface area contributed by atoms with E-state index < -0.39 is 0 Å². The summed E-state index contributed by atoms with van der Waals surface area (Å²) in [5.74, 6) is 6.52. The first-order chi connectivity index (χ1) is 9.76. The van der Waals surface area contributed by atoms with Crippen LogP contribution in [0, 0.1) is 6.92 Å². The monoisotopic (exact) mass is 267 g/mol. The summed E-state index contributed by atoms with van der Waals surface area (Å²) in [5.41, 5.74) is 6.04. The van der Waals surface area contributed by atoms with Crippen molar-refractivity contribution in [2.75, 3.05) is 0 Å². The van der Waals surface area contributed by atoms with E-state index in [4.69, 9.17) is 10.3 Å². The van der Waals surface area contributed by atoms with Crippen LogP contribution in [0.1, 0.15) is 22.9 Å². The van der Waals surface area contributed by atoms with Gasteiger partial charge in [-0.05, 0) is 43.2 Å². The molecule has 0 spiro atoms. The van der Waals surface area contributed by atoms with E-state index in [-0.39, 0.29) is 6.04 Å². The lowest BCUT2D eigenvalue weighted by atomic mass is 10.1. The Bertz CT molecular complexity index is 706. The molecule has 1 unspecified atom stereocenters. The number of hydrazine groups is 1. The molecular formula is C16H17N3O. The number of hydrogen-bond donors (Lipinski definition) is 2. The van der Waals surface area contributed by atoms with Gasteiger partial charge in [0, 0.05) is 17.8 Å². The molecule has 0 amide bonds. The zero-order chi connectivity index (χ0) is 13.9. The lowest BCUT2D eigenvalue weighted by molar-refractivity contribution is 0.434. The molecule has 0 aliphatic rings. The summed E-state index contributed by atoms with van der Waals surface area (Å²) in [4.78, 5) is 4.12. The molecule has 0 saturated carbocycles. The SMILES string of the molecule is Cc1ccc2oc(C(Cc3cccnc3)NN)cc2c1. The minimum atomic E-state index is -0.0630. The number of nitrogens with zero attached hydrogens (tertiary/aromatic N) is 1. The molecule has 0 fully saturated rings. The minimum Gasteiger partial charge on any atom is -0.459 e. The minimum absolute atomic E-state index is 0.0630. The summed E-state index contributed by atoms with van der Waals surface area (Å²) in [6.07, 6.45) is 4.35. The smallest absolute Gasteiger partial charge is 0.134 e. The van der Waals surface area contributed by atoms with Gasteiger partial charge in [-0.3, -0.25) is 10.8 Å². The first kappa shape index (κ1) is 12.8. The van der Waals surface area contributed by atoms with Crippen molar-refractivity contribution in [1.29, 1.82) is 0 Å². The maximum atomic E-state index is 5.89. The van der Waals surface area contributed by atoms with Crippen LogP contribution in [0.5, 0.6) is 0 Å². The highest BCUT2D eigenvalue weighted by molar-refractivity contribution is 5.78. The van der Waals surface area contributed by atoms with E-state index >= 15 is 0 Å². The second kappa shape index (κ2) is 5.45. The van der Waals surface area contributed by atoms with Crippen molar-refractivity contribution >= 4 is 11.0 Å². The highest BCUT2D eigenvalue weighted by Crippen LogP contribution is 2.26. The third kappa shape index (κ3) is 2.57. The van der Waals surface area contributed by atoms with Crippen molar-refractivity contribution in [3.63, 3.8) is 0 Å². The topological polar surface area (TPSA) is 64.1 Å². The predicted octanol–water partition coefficient (Wildman–Crippen LogP) is 2.88. The summed E-state index contributed by atoms with van der Waals surface area (Å²) in [6.45, 7) is 2.07. The van der Waals surface area contributed by atoms with Crippen molar-refractivity contribution in [2.24, 2.45) is 5.84 Å². The highest BCUT2D eigenvalue weighted by atomic mass is 16.3. The molecule has 1 atom stereocenters. The molecule has 1 aromatic carbocycles. The molecule has 20 heavy (non-hydrogen) atoms. The van der Waals surface area contributed by atoms with Crippen molar-refractivity contribution in [3.8, 4) is 0 Å². The Morgan fingerprint density at radius 2 is 2.20 bits per heavy atom. The molecule has 4 heteroatoms. The summed E-state index contributed by atoms with van der Waals surface area (Å²) >= 11 is 0. The molecule has 2 heterocycles. The van der Waals surface area contributed by atoms with E-state index in [0.717, 1.165) is 28.7 Å². The average molecular weight is 267 g/mol. The molecular weight excluding hydrogens is 250 g/mol. The Morgan fingerprint density at radius 1 is 1.30 bits per heavy atom. The number of hydrogen-bond acceptors (Lipinski definition) is 4. The van der Waals surface area contributed by atoms with E-state index in [1.165, 1.54) is 5.56 Å². The maximum Gasteiger partial charge on any atom is 0.134 e. The number of benzene rings is 1. The first-order valence-electron chi connectivity index (χ1n) is 6.61. The number of nitrogens with one attached hydrogen (secondary N) is 1. The third-order valence-electron chi connectivity index (χ3n) is 3.40. The van der Waals surface area contributed by atoms with Crippen LogP contribution in [-0.4, -0.2) is 4.98 Å². The molecule has 3 rings (SSSR count). The van der Waals surface area contributed by atoms with Gasteiger partial charge in [-0.2, -0.15) is 0 Å². The highest BCUT2D eigenvalue weighted by Gasteiger charge is 2.15. The molecule has 3 N–H and O–H groups in total. The fourth-order valence-corrected chi connectivity index (χ4v) is 2.35. The van der Waals surface area contributed by atoms with Crippen LogP contribution < -0.4 is 11.3 Å². The van der Waals surface area contributed by atoms with Crippen LogP contribution in [0.15, 0.2) is 53.2 Å². The van der Waals surface area contributed by atoms with Crippen molar-refractivity contribution in [2.45, 2.75) is 19.4 Å². The Kier molecular flexibility index (Phi) is 3.50. The number of furan rings is 1. The number of aromatic nitrogens is 1. The van der Waals surface area contributed by atoms with E-state index in [1.54, 1.807) is 6.20 Å². The largest absolute Gasteiger partial charge is 0.459 e. The molecule has 0 aliphatic heterocycles. The maximum absolute atomic E-state index is 5.89. The van der Waals surface area contributed by atoms with Crippen LogP contribution in [-0.2, 0) is 6.42 Å². The Balaban J connectivity index is 1.91. The van der Waals surface area contributed by atoms with Gasteiger partial charge >= 0.3 is 0 Å². The van der Waals surface area contributed by atoms with Gasteiger partial charge in [-0.1, -0.05) is 17.7 Å². The Labute approximate surface area is 117 Å². The summed E-state index contributed by atoms with van der Waals surface area (Å²) < 4.78 is 5.89. The number of fused-ring (bicyclic) bond motifs is 1. The number of aryl methyl sites for hydroxylation is 1. The normalized spacial score (nSPS) is 12.7. The summed E-state index contributed by atoms with van der Waals surface area (Å²) in [6, 6.07) is 12.1. The van der Waals surface area contributed by atoms with E-state index in [2.05, 4.69) is 23.4 Å². The van der Waals surface area contributed by atoms with Crippen LogP contribution in [0.4, 0.5) is 0 Å². The van der Waals surface area contributed by atoms with Crippen LogP contribution in [0.25, 0.3) is 11.0 Å². The van der Waals surface area contributed by atoms with Gasteiger partial charge < -0.3 is 4.42 Å². The number of nitrogens with two attached hydrogens (primary N) is 1. The van der Waals surface area contributed by atoms with E-state index in [9.17, 15) is 0 Å². The van der Waals surface area contributed by atoms with Gasteiger partial charge in [0.05, 0.1) is 6.04 Å². The van der Waals surface area contributed by atoms with Gasteiger partial charge in [0.15, 0.2) is 0 Å². The van der Waals surface area contributed by atoms with Crippen LogP contribution in [0.2, 0.25) is 0 Å². The Morgan fingerprint density at radius 3 is 2.95 bits per heavy atom. The fraction of sp³-hybridized carbons (Fsp3) is 0.188. The average Bonchev–Trinajstić information content (AvgIpc) is 2.88. The summed E-state index contributed by atoms with van der Waals surface area (Å²) in [5, 5.41) is 1.10. The Hall–Kier alpha value is -2.17. The van der Waals surface area contributed by atoms with Gasteiger partial charge in [0.2, 0.25) is 0 Å². The van der Waals surface area contributed by atoms with Gasteiger partial charge in [-0.25, -0.2) is 5.43 Å². The molecule has 0 bridgehead atoms. The standard InChI is InChI=1S/C16H17N3O/c1-11-4-5-15-13(7-11)9-16(20-15)14(19-17)8-12-3-2-6-18-10-12/h2-7,9-10,14,19H,8,17H2,1H3. The zero-order valence-corrected chi connectivity index (χ0v) is 11.3. The molecule has 3 aromatic rings. The quantitative estimate of drug-likeness (QED) is 0.563. The van der Waals surface area contributed by atoms with Crippen LogP contribution in [0.3, 0.4) is 0 Å². The molecule has 0 aliphatic carbocycles. The molecule has 0 saturated heterocycles. The van der Waals surface area contributed by atoms with E-state index in [0.29, 0.717) is 0 Å². The lowest BCUT2D eigenvalue weighted by Gasteiger charge is -2.12. The number of pyridine rings is 1. The van der Waals surface area contributed by atoms with Crippen LogP contribution >= 0.6 is 0 Å². The molecule has 2 aromatic heterocycles. The first-order valence-corrected chi connectivity index (χ1v) is 6.61. The molecule has 102 valence electrons. The summed E-state index contributed by atoms with van der Waals surface area (Å²) in [7, 11) is 0. The predicted molar refractivity (Wildman–Crippen MR) is 79.0 cm³/mol. The second-order valence-corrected chi connectivity index (χ2v) is 4.97. The van der Waals surface area contributed by atoms with Gasteiger partial charge in [0.1, 0.15) is 11.3 Å². The molecule has 0 radical (unpaired) electrons. The molecule has 4 nitrogen and oxygen atoms in total. The van der Waals surface area contributed by atoms with Crippen molar-refractivity contribution in [3.05, 3.63) is 65.7 Å². The van der Waals surface area contributed by atoms with Gasteiger partial charge in [0.25, 0.3) is 0 Å². The van der Waals surface area contributed by atoms with Crippen molar-refractivity contribution < 1.29 is 4.42 Å². The van der Waals surface area contributed by atoms with Gasteiger partial charge in [-0.15, -0.1) is 0 Å².